The van der Waals surface area contributed by atoms with Gasteiger partial charge in [-0.3, -0.25) is 10.6 Å². The van der Waals surface area contributed by atoms with Gasteiger partial charge in [0.05, 0.1) is 0 Å². The topological polar surface area (TPSA) is 70.4 Å². The van der Waals surface area contributed by atoms with Crippen LogP contribution < -0.4 is 16.6 Å². The van der Waals surface area contributed by atoms with Crippen molar-refractivity contribution in [3.8, 4) is 0 Å². The van der Waals surface area contributed by atoms with E-state index in [2.05, 4.69) is 29.5 Å². The van der Waals surface area contributed by atoms with Crippen molar-refractivity contribution in [1.82, 2.24) is 10.2 Å². The number of hydrogen-bond donors (Lipinski definition) is 3. The zero-order valence-corrected chi connectivity index (χ0v) is 12.7. The van der Waals surface area contributed by atoms with Gasteiger partial charge in [-0.05, 0) is 56.7 Å². The van der Waals surface area contributed by atoms with Crippen molar-refractivity contribution in [3.63, 3.8) is 0 Å². The van der Waals surface area contributed by atoms with Gasteiger partial charge in [0.2, 0.25) is 0 Å². The molecule has 1 amide bonds. The summed E-state index contributed by atoms with van der Waals surface area (Å²) >= 11 is 0. The van der Waals surface area contributed by atoms with E-state index in [1.807, 2.05) is 13.0 Å². The lowest BCUT2D eigenvalue weighted by molar-refractivity contribution is 0.0951. The van der Waals surface area contributed by atoms with Crippen molar-refractivity contribution in [2.75, 3.05) is 31.6 Å². The van der Waals surface area contributed by atoms with E-state index in [0.717, 1.165) is 37.3 Å². The number of carbonyl (C=O) groups excluding carboxylic acids is 1. The van der Waals surface area contributed by atoms with Crippen molar-refractivity contribution in [3.05, 3.63) is 29.3 Å². The fourth-order valence-corrected chi connectivity index (χ4v) is 2.15. The number of rotatable bonds is 8. The van der Waals surface area contributed by atoms with Gasteiger partial charge < -0.3 is 15.6 Å². The average molecular weight is 278 g/mol. The first kappa shape index (κ1) is 16.5. The zero-order chi connectivity index (χ0) is 15.0. The van der Waals surface area contributed by atoms with Crippen molar-refractivity contribution in [1.29, 1.82) is 0 Å². The molecule has 0 aliphatic heterocycles. The average Bonchev–Trinajstić information content (AvgIpc) is 2.47. The van der Waals surface area contributed by atoms with Crippen LogP contribution in [-0.2, 0) is 0 Å². The second-order valence-electron chi connectivity index (χ2n) is 4.81. The summed E-state index contributed by atoms with van der Waals surface area (Å²) in [6.07, 6.45) is 0.967. The molecule has 0 saturated heterocycles. The van der Waals surface area contributed by atoms with E-state index in [1.165, 1.54) is 0 Å². The van der Waals surface area contributed by atoms with Crippen molar-refractivity contribution in [2.45, 2.75) is 27.2 Å². The predicted octanol–water partition coefficient (Wildman–Crippen LogP) is 1.74. The molecule has 5 nitrogen and oxygen atoms in total. The van der Waals surface area contributed by atoms with Crippen LogP contribution in [-0.4, -0.2) is 37.0 Å². The number of amides is 1. The molecule has 0 heterocycles. The third-order valence-electron chi connectivity index (χ3n) is 3.47. The first-order valence-corrected chi connectivity index (χ1v) is 7.20. The maximum atomic E-state index is 12.1. The van der Waals surface area contributed by atoms with E-state index in [-0.39, 0.29) is 5.91 Å². The van der Waals surface area contributed by atoms with E-state index < -0.39 is 0 Å². The lowest BCUT2D eigenvalue weighted by atomic mass is 10.1. The van der Waals surface area contributed by atoms with E-state index in [1.54, 1.807) is 12.1 Å². The molecule has 0 aliphatic rings. The van der Waals surface area contributed by atoms with Crippen LogP contribution in [0.15, 0.2) is 18.2 Å². The Bertz CT molecular complexity index is 430. The minimum atomic E-state index is -0.0226. The molecular formula is C15H26N4O. The molecule has 1 aromatic carbocycles. The smallest absolute Gasteiger partial charge is 0.251 e. The highest BCUT2D eigenvalue weighted by atomic mass is 16.1. The number of benzene rings is 1. The van der Waals surface area contributed by atoms with E-state index >= 15 is 0 Å². The highest BCUT2D eigenvalue weighted by molar-refractivity contribution is 5.96. The maximum absolute atomic E-state index is 12.1. The van der Waals surface area contributed by atoms with Gasteiger partial charge in [-0.1, -0.05) is 13.8 Å². The first-order chi connectivity index (χ1) is 9.62. The van der Waals surface area contributed by atoms with Gasteiger partial charge in [-0.2, -0.15) is 0 Å². The van der Waals surface area contributed by atoms with Gasteiger partial charge in [0, 0.05) is 17.8 Å². The number of hydrogen-bond acceptors (Lipinski definition) is 4. The molecule has 4 N–H and O–H groups in total. The van der Waals surface area contributed by atoms with E-state index in [0.29, 0.717) is 12.1 Å². The lowest BCUT2D eigenvalue weighted by Gasteiger charge is -2.17. The van der Waals surface area contributed by atoms with Gasteiger partial charge in [-0.25, -0.2) is 0 Å². The Morgan fingerprint density at radius 2 is 2.00 bits per heavy atom. The fraction of sp³-hybridized carbons (Fsp3) is 0.533. The van der Waals surface area contributed by atoms with Crippen LogP contribution in [0.1, 0.15) is 36.2 Å². The van der Waals surface area contributed by atoms with Crippen molar-refractivity contribution < 1.29 is 4.79 Å². The Labute approximate surface area is 121 Å². The molecule has 1 aromatic rings. The third-order valence-corrected chi connectivity index (χ3v) is 3.47. The Hall–Kier alpha value is -1.59. The second-order valence-corrected chi connectivity index (χ2v) is 4.81. The highest BCUT2D eigenvalue weighted by Crippen LogP contribution is 2.14. The molecule has 0 unspecified atom stereocenters. The van der Waals surface area contributed by atoms with Gasteiger partial charge in [0.25, 0.3) is 5.91 Å². The summed E-state index contributed by atoms with van der Waals surface area (Å²) in [4.78, 5) is 14.4. The number of carbonyl (C=O) groups is 1. The Balaban J connectivity index is 2.43. The summed E-state index contributed by atoms with van der Waals surface area (Å²) in [5.74, 6) is 5.32. The molecule has 20 heavy (non-hydrogen) atoms. The number of nitrogens with two attached hydrogens (primary N) is 1. The largest absolute Gasteiger partial charge is 0.352 e. The normalized spacial score (nSPS) is 10.7. The van der Waals surface area contributed by atoms with Crippen molar-refractivity contribution >= 4 is 11.6 Å². The molecule has 0 bridgehead atoms. The molecular weight excluding hydrogens is 252 g/mol. The summed E-state index contributed by atoms with van der Waals surface area (Å²) < 4.78 is 0. The van der Waals surface area contributed by atoms with Crippen molar-refractivity contribution in [2.24, 2.45) is 5.84 Å². The Morgan fingerprint density at radius 3 is 2.55 bits per heavy atom. The second kappa shape index (κ2) is 8.55. The maximum Gasteiger partial charge on any atom is 0.251 e. The minimum Gasteiger partial charge on any atom is -0.352 e. The molecule has 0 fully saturated rings. The van der Waals surface area contributed by atoms with Gasteiger partial charge in [0.15, 0.2) is 0 Å². The summed E-state index contributed by atoms with van der Waals surface area (Å²) in [7, 11) is 0. The molecule has 0 radical (unpaired) electrons. The molecule has 0 spiro atoms. The van der Waals surface area contributed by atoms with Crippen LogP contribution in [0.4, 0.5) is 5.69 Å². The van der Waals surface area contributed by atoms with E-state index in [4.69, 9.17) is 5.84 Å². The summed E-state index contributed by atoms with van der Waals surface area (Å²) in [5, 5.41) is 2.96. The monoisotopic (exact) mass is 278 g/mol. The zero-order valence-electron chi connectivity index (χ0n) is 12.7. The van der Waals surface area contributed by atoms with Gasteiger partial charge in [-0.15, -0.1) is 0 Å². The standard InChI is InChI=1S/C15H26N4O/c1-4-19(5-2)10-6-9-17-15(20)14-8-7-13(18-16)11-12(14)3/h7-8,11,18H,4-6,9-10,16H2,1-3H3,(H,17,20). The number of nitrogens with zero attached hydrogens (tertiary/aromatic N) is 1. The number of hydrazine groups is 1. The Kier molecular flexibility index (Phi) is 7.04. The molecule has 0 saturated carbocycles. The molecule has 0 atom stereocenters. The predicted molar refractivity (Wildman–Crippen MR) is 83.7 cm³/mol. The Morgan fingerprint density at radius 1 is 1.30 bits per heavy atom. The quantitative estimate of drug-likeness (QED) is 0.385. The number of nitrogens with one attached hydrogen (secondary N) is 2. The molecule has 5 heteroatoms. The van der Waals surface area contributed by atoms with Crippen LogP contribution in [0.3, 0.4) is 0 Å². The SMILES string of the molecule is CCN(CC)CCCNC(=O)c1ccc(NN)cc1C. The number of aryl methyl sites for hydroxylation is 1. The molecule has 0 aromatic heterocycles. The third kappa shape index (κ3) is 4.83. The fourth-order valence-electron chi connectivity index (χ4n) is 2.15. The van der Waals surface area contributed by atoms with Crippen LogP contribution >= 0.6 is 0 Å². The van der Waals surface area contributed by atoms with Gasteiger partial charge >= 0.3 is 0 Å². The summed E-state index contributed by atoms with van der Waals surface area (Å²) in [6, 6.07) is 5.47. The molecule has 1 rings (SSSR count). The minimum absolute atomic E-state index is 0.0226. The van der Waals surface area contributed by atoms with Gasteiger partial charge in [0.1, 0.15) is 0 Å². The molecule has 0 aliphatic carbocycles. The van der Waals surface area contributed by atoms with Crippen LogP contribution in [0, 0.1) is 6.92 Å². The molecule has 112 valence electrons. The highest BCUT2D eigenvalue weighted by Gasteiger charge is 2.08. The van der Waals surface area contributed by atoms with Crippen LogP contribution in [0.25, 0.3) is 0 Å². The summed E-state index contributed by atoms with van der Waals surface area (Å²) in [5.41, 5.74) is 5.00. The number of anilines is 1. The summed E-state index contributed by atoms with van der Waals surface area (Å²) in [6.45, 7) is 10.0. The van der Waals surface area contributed by atoms with Crippen LogP contribution in [0.5, 0.6) is 0 Å². The number of nitrogen functional groups attached to an aromatic ring is 1. The van der Waals surface area contributed by atoms with Crippen LogP contribution in [0.2, 0.25) is 0 Å². The van der Waals surface area contributed by atoms with E-state index in [9.17, 15) is 4.79 Å². The first-order valence-electron chi connectivity index (χ1n) is 7.20. The lowest BCUT2D eigenvalue weighted by Crippen LogP contribution is -2.30.